The lowest BCUT2D eigenvalue weighted by atomic mass is 10.1. The summed E-state index contributed by atoms with van der Waals surface area (Å²) < 4.78 is 4.90. The van der Waals surface area contributed by atoms with Gasteiger partial charge in [-0.3, -0.25) is 4.79 Å². The Morgan fingerprint density at radius 3 is 2.10 bits per heavy atom. The van der Waals surface area contributed by atoms with Crippen LogP contribution < -0.4 is 0 Å². The first-order chi connectivity index (χ1) is 9.77. The van der Waals surface area contributed by atoms with Gasteiger partial charge in [0.05, 0.1) is 6.61 Å². The highest BCUT2D eigenvalue weighted by Gasteiger charge is 1.93. The molecule has 0 bridgehead atoms. The van der Waals surface area contributed by atoms with E-state index in [1.165, 1.54) is 58.3 Å². The predicted molar refractivity (Wildman–Crippen MR) is 86.8 cm³/mol. The van der Waals surface area contributed by atoms with E-state index in [1.807, 2.05) is 0 Å². The average molecular weight is 280 g/mol. The van der Waals surface area contributed by atoms with Crippen LogP contribution >= 0.6 is 0 Å². The van der Waals surface area contributed by atoms with Gasteiger partial charge < -0.3 is 4.74 Å². The van der Waals surface area contributed by atoms with Crippen LogP contribution in [-0.4, -0.2) is 12.6 Å². The summed E-state index contributed by atoms with van der Waals surface area (Å²) in [5.74, 6) is -0.165. The lowest BCUT2D eigenvalue weighted by molar-refractivity contribution is -0.141. The number of unbranched alkanes of at least 4 members (excludes halogenated alkanes) is 7. The molecule has 2 nitrogen and oxygen atoms in total. The van der Waals surface area contributed by atoms with Gasteiger partial charge in [-0.15, -0.1) is 0 Å². The molecule has 116 valence electrons. The van der Waals surface area contributed by atoms with E-state index in [-0.39, 0.29) is 5.97 Å². The SMILES string of the molecule is CCC/C=C/C/C=C\CCCCCCCCOC(C)=O. The van der Waals surface area contributed by atoms with E-state index in [1.54, 1.807) is 0 Å². The summed E-state index contributed by atoms with van der Waals surface area (Å²) in [7, 11) is 0. The first-order valence-electron chi connectivity index (χ1n) is 8.20. The number of carbonyl (C=O) groups excluding carboxylic acids is 1. The summed E-state index contributed by atoms with van der Waals surface area (Å²) in [5, 5.41) is 0. The highest BCUT2D eigenvalue weighted by Crippen LogP contribution is 2.08. The van der Waals surface area contributed by atoms with Crippen LogP contribution in [0, 0.1) is 0 Å². The Morgan fingerprint density at radius 2 is 1.45 bits per heavy atom. The second kappa shape index (κ2) is 16.0. The number of hydrogen-bond acceptors (Lipinski definition) is 2. The summed E-state index contributed by atoms with van der Waals surface area (Å²) in [6.07, 6.45) is 21.1. The van der Waals surface area contributed by atoms with Crippen molar-refractivity contribution < 1.29 is 9.53 Å². The molecule has 0 unspecified atom stereocenters. The van der Waals surface area contributed by atoms with E-state index in [2.05, 4.69) is 31.2 Å². The van der Waals surface area contributed by atoms with Crippen molar-refractivity contribution in [2.45, 2.75) is 78.1 Å². The Bertz CT molecular complexity index is 267. The minimum absolute atomic E-state index is 0.165. The molecular formula is C18H32O2. The van der Waals surface area contributed by atoms with Crippen LogP contribution in [0.4, 0.5) is 0 Å². The summed E-state index contributed by atoms with van der Waals surface area (Å²) >= 11 is 0. The van der Waals surface area contributed by atoms with Crippen molar-refractivity contribution in [2.75, 3.05) is 6.61 Å². The maximum absolute atomic E-state index is 10.5. The maximum atomic E-state index is 10.5. The summed E-state index contributed by atoms with van der Waals surface area (Å²) in [6.45, 7) is 4.26. The molecule has 0 aromatic rings. The van der Waals surface area contributed by atoms with Crippen molar-refractivity contribution in [1.29, 1.82) is 0 Å². The Kier molecular flexibility index (Phi) is 15.2. The zero-order valence-electron chi connectivity index (χ0n) is 13.4. The predicted octanol–water partition coefficient (Wildman–Crippen LogP) is 5.58. The maximum Gasteiger partial charge on any atom is 0.302 e. The molecule has 0 radical (unpaired) electrons. The van der Waals surface area contributed by atoms with E-state index >= 15 is 0 Å². The van der Waals surface area contributed by atoms with Crippen LogP contribution in [0.5, 0.6) is 0 Å². The molecule has 20 heavy (non-hydrogen) atoms. The zero-order chi connectivity index (χ0) is 14.9. The summed E-state index contributed by atoms with van der Waals surface area (Å²) in [6, 6.07) is 0. The van der Waals surface area contributed by atoms with Crippen molar-refractivity contribution in [1.82, 2.24) is 0 Å². The Balaban J connectivity index is 3.12. The van der Waals surface area contributed by atoms with Gasteiger partial charge in [-0.2, -0.15) is 0 Å². The average Bonchev–Trinajstić information content (AvgIpc) is 2.43. The molecule has 0 heterocycles. The van der Waals surface area contributed by atoms with Crippen molar-refractivity contribution in [3.05, 3.63) is 24.3 Å². The number of rotatable bonds is 13. The lowest BCUT2D eigenvalue weighted by Gasteiger charge is -2.01. The third-order valence-electron chi connectivity index (χ3n) is 3.13. The molecule has 0 saturated carbocycles. The Morgan fingerprint density at radius 1 is 0.850 bits per heavy atom. The molecule has 0 saturated heterocycles. The second-order valence-electron chi connectivity index (χ2n) is 5.22. The Labute approximate surface area is 125 Å². The quantitative estimate of drug-likeness (QED) is 0.250. The fourth-order valence-electron chi connectivity index (χ4n) is 1.96. The van der Waals surface area contributed by atoms with Crippen LogP contribution in [0.15, 0.2) is 24.3 Å². The fraction of sp³-hybridized carbons (Fsp3) is 0.722. The fourth-order valence-corrected chi connectivity index (χ4v) is 1.96. The van der Waals surface area contributed by atoms with E-state index in [4.69, 9.17) is 4.74 Å². The molecule has 0 spiro atoms. The molecule has 0 amide bonds. The lowest BCUT2D eigenvalue weighted by Crippen LogP contribution is -1.99. The van der Waals surface area contributed by atoms with Crippen molar-refractivity contribution in [3.63, 3.8) is 0 Å². The largest absolute Gasteiger partial charge is 0.466 e. The highest BCUT2D eigenvalue weighted by atomic mass is 16.5. The van der Waals surface area contributed by atoms with Crippen LogP contribution in [0.2, 0.25) is 0 Å². The first-order valence-corrected chi connectivity index (χ1v) is 8.20. The van der Waals surface area contributed by atoms with Gasteiger partial charge in [0, 0.05) is 6.92 Å². The van der Waals surface area contributed by atoms with Gasteiger partial charge in [0.2, 0.25) is 0 Å². The third-order valence-corrected chi connectivity index (χ3v) is 3.13. The Hall–Kier alpha value is -1.05. The van der Waals surface area contributed by atoms with Crippen LogP contribution in [0.25, 0.3) is 0 Å². The molecular weight excluding hydrogens is 248 g/mol. The normalized spacial score (nSPS) is 11.5. The monoisotopic (exact) mass is 280 g/mol. The summed E-state index contributed by atoms with van der Waals surface area (Å²) in [5.41, 5.74) is 0. The molecule has 0 atom stereocenters. The number of carbonyl (C=O) groups is 1. The van der Waals surface area contributed by atoms with E-state index in [0.717, 1.165) is 12.8 Å². The van der Waals surface area contributed by atoms with E-state index in [0.29, 0.717) is 6.61 Å². The molecule has 0 aliphatic carbocycles. The van der Waals surface area contributed by atoms with Gasteiger partial charge in [-0.25, -0.2) is 0 Å². The molecule has 0 aromatic carbocycles. The van der Waals surface area contributed by atoms with Crippen molar-refractivity contribution >= 4 is 5.97 Å². The number of ether oxygens (including phenoxy) is 1. The van der Waals surface area contributed by atoms with Crippen LogP contribution in [0.1, 0.15) is 78.1 Å². The van der Waals surface area contributed by atoms with Gasteiger partial charge in [-0.1, -0.05) is 63.3 Å². The van der Waals surface area contributed by atoms with Gasteiger partial charge in [-0.05, 0) is 32.1 Å². The minimum atomic E-state index is -0.165. The second-order valence-corrected chi connectivity index (χ2v) is 5.22. The molecule has 0 aliphatic heterocycles. The van der Waals surface area contributed by atoms with Crippen LogP contribution in [0.3, 0.4) is 0 Å². The number of esters is 1. The van der Waals surface area contributed by atoms with Gasteiger partial charge in [0.1, 0.15) is 0 Å². The highest BCUT2D eigenvalue weighted by molar-refractivity contribution is 5.65. The number of allylic oxidation sites excluding steroid dienone is 4. The third kappa shape index (κ3) is 16.9. The number of hydrogen-bond donors (Lipinski definition) is 0. The van der Waals surface area contributed by atoms with E-state index in [9.17, 15) is 4.79 Å². The minimum Gasteiger partial charge on any atom is -0.466 e. The van der Waals surface area contributed by atoms with Crippen LogP contribution in [-0.2, 0) is 9.53 Å². The van der Waals surface area contributed by atoms with Gasteiger partial charge in [0.25, 0.3) is 0 Å². The van der Waals surface area contributed by atoms with E-state index < -0.39 is 0 Å². The van der Waals surface area contributed by atoms with Gasteiger partial charge in [0.15, 0.2) is 0 Å². The molecule has 0 aromatic heterocycles. The molecule has 0 rings (SSSR count). The topological polar surface area (TPSA) is 26.3 Å². The zero-order valence-corrected chi connectivity index (χ0v) is 13.4. The standard InChI is InChI=1S/C18H32O2/c1-3-4-5-6-7-8-9-10-11-12-13-14-15-16-17-20-18(2)19/h5-6,8-9H,3-4,7,10-17H2,1-2H3/b6-5+,9-8-. The first kappa shape index (κ1) is 18.9. The van der Waals surface area contributed by atoms with Crippen molar-refractivity contribution in [3.8, 4) is 0 Å². The summed E-state index contributed by atoms with van der Waals surface area (Å²) in [4.78, 5) is 10.5. The smallest absolute Gasteiger partial charge is 0.302 e. The molecule has 0 aliphatic rings. The van der Waals surface area contributed by atoms with Crippen molar-refractivity contribution in [2.24, 2.45) is 0 Å². The molecule has 0 N–H and O–H groups in total. The van der Waals surface area contributed by atoms with Gasteiger partial charge >= 0.3 is 5.97 Å². The molecule has 0 fully saturated rings. The molecule has 2 heteroatoms.